The van der Waals surface area contributed by atoms with Gasteiger partial charge in [0.2, 0.25) is 0 Å². The van der Waals surface area contributed by atoms with E-state index in [2.05, 4.69) is 43.8 Å². The van der Waals surface area contributed by atoms with Gasteiger partial charge in [0.25, 0.3) is 0 Å². The fourth-order valence-corrected chi connectivity index (χ4v) is 1.11. The molecule has 0 nitrogen and oxygen atoms in total. The second-order valence-electron chi connectivity index (χ2n) is 2.68. The molecule has 1 aromatic rings. The van der Waals surface area contributed by atoms with Crippen molar-refractivity contribution in [3.8, 4) is 0 Å². The molecule has 0 fully saturated rings. The first-order chi connectivity index (χ1) is 5.34. The van der Waals surface area contributed by atoms with Gasteiger partial charge in [0.15, 0.2) is 0 Å². The normalized spacial score (nSPS) is 8.08. The van der Waals surface area contributed by atoms with Crippen molar-refractivity contribution in [1.82, 2.24) is 0 Å². The second-order valence-corrected chi connectivity index (χ2v) is 2.68. The van der Waals surface area contributed by atoms with Crippen LogP contribution in [0.15, 0.2) is 30.8 Å². The molecule has 0 aliphatic rings. The standard InChI is InChI=1S/C11H13.HI.Zn/c1-3-4-8-11-9-6-5-7-10(11)2;;/h5-7,9H,1,4,8H2,2H3;1H;/p-1. The number of hydrogen-bond donors (Lipinski definition) is 0. The molecule has 67 valence electrons. The third-order valence-electron chi connectivity index (χ3n) is 1.83. The van der Waals surface area contributed by atoms with Crippen LogP contribution < -0.4 is 24.0 Å². The molecule has 1 radical (unpaired) electrons. The molecule has 1 rings (SSSR count). The van der Waals surface area contributed by atoms with Gasteiger partial charge in [-0.05, 0) is 30.9 Å². The Morgan fingerprint density at radius 3 is 2.46 bits per heavy atom. The van der Waals surface area contributed by atoms with Crippen molar-refractivity contribution in [2.75, 3.05) is 0 Å². The van der Waals surface area contributed by atoms with Crippen molar-refractivity contribution in [3.05, 3.63) is 48.0 Å². The van der Waals surface area contributed by atoms with E-state index in [1.165, 1.54) is 11.1 Å². The van der Waals surface area contributed by atoms with Crippen LogP contribution in [-0.2, 0) is 25.9 Å². The largest absolute Gasteiger partial charge is 1.00 e. The maximum Gasteiger partial charge on any atom is 0 e. The van der Waals surface area contributed by atoms with E-state index in [0.29, 0.717) is 0 Å². The van der Waals surface area contributed by atoms with Crippen molar-refractivity contribution < 1.29 is 43.5 Å². The Bertz CT molecular complexity index is 246. The summed E-state index contributed by atoms with van der Waals surface area (Å²) in [5.41, 5.74) is 2.77. The molecule has 0 bridgehead atoms. The summed E-state index contributed by atoms with van der Waals surface area (Å²) in [5, 5.41) is 0. The van der Waals surface area contributed by atoms with Crippen LogP contribution in [0.2, 0.25) is 0 Å². The van der Waals surface area contributed by atoms with Crippen LogP contribution in [0, 0.1) is 13.0 Å². The van der Waals surface area contributed by atoms with Gasteiger partial charge >= 0.3 is 0 Å². The number of hydrogen-bond acceptors (Lipinski definition) is 0. The maximum atomic E-state index is 3.58. The molecule has 0 saturated carbocycles. The summed E-state index contributed by atoms with van der Waals surface area (Å²) < 4.78 is 0. The Labute approximate surface area is 111 Å². The quantitative estimate of drug-likeness (QED) is 0.535. The van der Waals surface area contributed by atoms with E-state index in [1.54, 1.807) is 0 Å². The average molecular weight is 338 g/mol. The Kier molecular flexibility index (Phi) is 10.8. The van der Waals surface area contributed by atoms with E-state index in [1.807, 2.05) is 0 Å². The Morgan fingerprint density at radius 2 is 1.92 bits per heavy atom. The molecule has 0 atom stereocenters. The smallest absolute Gasteiger partial charge is 0 e. The SMILES string of the molecule is C=[C]CCc1ccccc1C.[I-].[Zn]. The fourth-order valence-electron chi connectivity index (χ4n) is 1.11. The minimum atomic E-state index is 0. The van der Waals surface area contributed by atoms with E-state index in [9.17, 15) is 0 Å². The van der Waals surface area contributed by atoms with Gasteiger partial charge in [0, 0.05) is 19.5 Å². The summed E-state index contributed by atoms with van der Waals surface area (Å²) in [6.07, 6.45) is 4.91. The number of benzene rings is 1. The second kappa shape index (κ2) is 8.89. The molecule has 0 aromatic heterocycles. The minimum Gasteiger partial charge on any atom is -1.00 e. The predicted molar refractivity (Wildman–Crippen MR) is 48.4 cm³/mol. The number of allylic oxidation sites excluding steroid dienone is 1. The molecule has 0 spiro atoms. The van der Waals surface area contributed by atoms with Gasteiger partial charge in [-0.1, -0.05) is 36.9 Å². The Morgan fingerprint density at radius 1 is 1.31 bits per heavy atom. The molecule has 2 heteroatoms. The topological polar surface area (TPSA) is 0 Å². The van der Waals surface area contributed by atoms with Crippen LogP contribution in [0.25, 0.3) is 0 Å². The summed E-state index contributed by atoms with van der Waals surface area (Å²) in [5.74, 6) is 0. The van der Waals surface area contributed by atoms with Crippen LogP contribution in [0.5, 0.6) is 0 Å². The predicted octanol–water partition coefficient (Wildman–Crippen LogP) is -0.0817. The molecule has 0 aliphatic heterocycles. The van der Waals surface area contributed by atoms with Crippen molar-refractivity contribution in [1.29, 1.82) is 0 Å². The zero-order chi connectivity index (χ0) is 8.10. The third-order valence-corrected chi connectivity index (χ3v) is 1.83. The zero-order valence-electron chi connectivity index (χ0n) is 8.02. The van der Waals surface area contributed by atoms with Crippen LogP contribution in [0.4, 0.5) is 0 Å². The van der Waals surface area contributed by atoms with E-state index in [0.717, 1.165) is 12.8 Å². The van der Waals surface area contributed by atoms with Crippen molar-refractivity contribution in [3.63, 3.8) is 0 Å². The summed E-state index contributed by atoms with van der Waals surface area (Å²) in [4.78, 5) is 0. The Hall–Kier alpha value is 0.313. The van der Waals surface area contributed by atoms with Crippen molar-refractivity contribution in [2.24, 2.45) is 0 Å². The van der Waals surface area contributed by atoms with Gasteiger partial charge in [-0.25, -0.2) is 0 Å². The average Bonchev–Trinajstić information content (AvgIpc) is 2.03. The number of rotatable bonds is 3. The molecule has 0 heterocycles. The summed E-state index contributed by atoms with van der Waals surface area (Å²) in [7, 11) is 0. The third kappa shape index (κ3) is 5.59. The molecule has 0 aliphatic carbocycles. The van der Waals surface area contributed by atoms with Crippen molar-refractivity contribution >= 4 is 0 Å². The summed E-state index contributed by atoms with van der Waals surface area (Å²) in [6, 6.07) is 8.44. The first kappa shape index (κ1) is 15.8. The first-order valence-corrected chi connectivity index (χ1v) is 3.89. The van der Waals surface area contributed by atoms with E-state index in [4.69, 9.17) is 0 Å². The van der Waals surface area contributed by atoms with Gasteiger partial charge in [-0.2, -0.15) is 0 Å². The van der Waals surface area contributed by atoms with Gasteiger partial charge in [0.1, 0.15) is 0 Å². The molecule has 0 saturated heterocycles. The molecular weight excluding hydrogens is 324 g/mol. The van der Waals surface area contributed by atoms with Gasteiger partial charge in [0.05, 0.1) is 0 Å². The molecular formula is C11H13IZn-. The number of halogens is 1. The first-order valence-electron chi connectivity index (χ1n) is 3.89. The zero-order valence-corrected chi connectivity index (χ0v) is 13.1. The van der Waals surface area contributed by atoms with E-state index >= 15 is 0 Å². The summed E-state index contributed by atoms with van der Waals surface area (Å²) >= 11 is 0. The van der Waals surface area contributed by atoms with Crippen LogP contribution >= 0.6 is 0 Å². The summed E-state index contributed by atoms with van der Waals surface area (Å²) in [6.45, 7) is 5.72. The van der Waals surface area contributed by atoms with Gasteiger partial charge in [-0.3, -0.25) is 0 Å². The van der Waals surface area contributed by atoms with Gasteiger partial charge < -0.3 is 24.0 Å². The molecule has 0 N–H and O–H groups in total. The monoisotopic (exact) mass is 336 g/mol. The van der Waals surface area contributed by atoms with Crippen molar-refractivity contribution in [2.45, 2.75) is 19.8 Å². The molecule has 1 aromatic carbocycles. The van der Waals surface area contributed by atoms with Crippen LogP contribution in [0.1, 0.15) is 17.5 Å². The van der Waals surface area contributed by atoms with Gasteiger partial charge in [-0.15, -0.1) is 0 Å². The van der Waals surface area contributed by atoms with Crippen LogP contribution in [0.3, 0.4) is 0 Å². The van der Waals surface area contributed by atoms with Crippen LogP contribution in [-0.4, -0.2) is 0 Å². The fraction of sp³-hybridized carbons (Fsp3) is 0.273. The molecule has 0 amide bonds. The van der Waals surface area contributed by atoms with E-state index < -0.39 is 0 Å². The molecule has 0 unspecified atom stereocenters. The minimum absolute atomic E-state index is 0. The molecule has 13 heavy (non-hydrogen) atoms. The maximum absolute atomic E-state index is 3.58. The van der Waals surface area contributed by atoms with E-state index in [-0.39, 0.29) is 43.5 Å². The Balaban J connectivity index is 0. The number of aryl methyl sites for hydroxylation is 2.